The summed E-state index contributed by atoms with van der Waals surface area (Å²) in [6.07, 6.45) is 1.94. The molecule has 1 aliphatic rings. The van der Waals surface area contributed by atoms with Crippen molar-refractivity contribution in [1.29, 1.82) is 0 Å². The molecule has 0 aromatic carbocycles. The number of ether oxygens (including phenoxy) is 1. The maximum Gasteiger partial charge on any atom is 0.472 e. The van der Waals surface area contributed by atoms with Crippen molar-refractivity contribution in [2.24, 2.45) is 0 Å². The molecule has 17 heteroatoms. The zero-order valence-electron chi connectivity index (χ0n) is 27.8. The van der Waals surface area contributed by atoms with E-state index in [1.165, 1.54) is 82.0 Å². The molecule has 0 spiro atoms. The third-order valence-electron chi connectivity index (χ3n) is 7.94. The number of aliphatic hydroxyl groups excluding tert-OH is 1. The Morgan fingerprint density at radius 3 is 2.06 bits per heavy atom. The number of aliphatic hydroxyl groups is 1. The van der Waals surface area contributed by atoms with E-state index in [4.69, 9.17) is 9.26 Å². The van der Waals surface area contributed by atoms with Crippen LogP contribution in [0.1, 0.15) is 96.1 Å². The maximum atomic E-state index is 13.8. The summed E-state index contributed by atoms with van der Waals surface area (Å²) >= 11 is 1.44. The Bertz CT molecular complexity index is 1220. The second-order valence-corrected chi connectivity index (χ2v) is 21.6. The topological polar surface area (TPSA) is 140 Å². The van der Waals surface area contributed by atoms with E-state index in [0.717, 1.165) is 25.0 Å². The number of H-pyrrole nitrogens is 1. The molecule has 1 saturated heterocycles. The van der Waals surface area contributed by atoms with Crippen LogP contribution in [0.4, 0.5) is 17.6 Å². The summed E-state index contributed by atoms with van der Waals surface area (Å²) in [5.41, 5.74) is -2.52. The van der Waals surface area contributed by atoms with Gasteiger partial charge in [-0.2, -0.15) is 29.3 Å². The van der Waals surface area contributed by atoms with Crippen molar-refractivity contribution in [3.8, 4) is 0 Å². The fraction of sp³-hybridized carbons (Fsp3) is 0.867. The number of nitrogens with one attached hydrogen (secondary N) is 1. The first-order chi connectivity index (χ1) is 22.0. The highest BCUT2D eigenvalue weighted by molar-refractivity contribution is 7.99. The van der Waals surface area contributed by atoms with Gasteiger partial charge in [0.2, 0.25) is 5.82 Å². The van der Waals surface area contributed by atoms with Gasteiger partial charge in [-0.25, -0.2) is 9.36 Å². The summed E-state index contributed by atoms with van der Waals surface area (Å²) in [4.78, 5) is 34.8. The molecule has 0 radical (unpaired) electrons. The predicted molar refractivity (Wildman–Crippen MR) is 178 cm³/mol. The van der Waals surface area contributed by atoms with E-state index in [0.29, 0.717) is 10.8 Å². The molecule has 1 unspecified atom stereocenters. The van der Waals surface area contributed by atoms with Crippen LogP contribution < -0.4 is 11.2 Å². The number of phosphoric ester groups is 1. The van der Waals surface area contributed by atoms with Crippen LogP contribution in [0.5, 0.6) is 0 Å². The summed E-state index contributed by atoms with van der Waals surface area (Å²) in [6.45, 7) is 6.96. The molecule has 2 heterocycles. The number of nitrogens with zero attached hydrogens (tertiary/aromatic N) is 1. The number of thioether (sulfide) groups is 1. The molecule has 10 nitrogen and oxygen atoms in total. The van der Waals surface area contributed by atoms with Crippen LogP contribution in [0.3, 0.4) is 0 Å². The minimum Gasteiger partial charge on any atom is -0.390 e. The number of rotatable bonds is 24. The molecule has 1 aliphatic heterocycles. The number of aromatic amines is 1. The molecule has 3 N–H and O–H groups in total. The van der Waals surface area contributed by atoms with E-state index in [-0.39, 0.29) is 12.4 Å². The fourth-order valence-corrected chi connectivity index (χ4v) is 8.55. The van der Waals surface area contributed by atoms with Crippen LogP contribution in [0.15, 0.2) is 15.8 Å². The molecule has 0 saturated carbocycles. The minimum atomic E-state index is -5.27. The lowest BCUT2D eigenvalue weighted by Gasteiger charge is -2.28. The number of hydrogen-bond donors (Lipinski definition) is 3. The lowest BCUT2D eigenvalue weighted by atomic mass is 10.0. The van der Waals surface area contributed by atoms with Crippen LogP contribution >= 0.6 is 19.6 Å². The first kappa shape index (κ1) is 42.2. The zero-order valence-corrected chi connectivity index (χ0v) is 30.5. The van der Waals surface area contributed by atoms with Crippen molar-refractivity contribution in [3.05, 3.63) is 32.9 Å². The molecule has 1 aromatic heterocycles. The van der Waals surface area contributed by atoms with E-state index < -0.39 is 70.1 Å². The Hall–Kier alpha value is -1.00. The van der Waals surface area contributed by atoms with Crippen LogP contribution in [0.2, 0.25) is 25.7 Å². The van der Waals surface area contributed by atoms with Gasteiger partial charge in [0, 0.05) is 20.2 Å². The third kappa shape index (κ3) is 17.0. The first-order valence-electron chi connectivity index (χ1n) is 16.6. The molecule has 0 amide bonds. The number of alkyl halides is 3. The van der Waals surface area contributed by atoms with Gasteiger partial charge in [-0.3, -0.25) is 23.4 Å². The van der Waals surface area contributed by atoms with Gasteiger partial charge in [0.25, 0.3) is 5.56 Å². The Morgan fingerprint density at radius 2 is 1.53 bits per heavy atom. The Kier molecular flexibility index (Phi) is 18.5. The van der Waals surface area contributed by atoms with E-state index in [1.807, 2.05) is 0 Å². The monoisotopic (exact) mass is 736 g/mol. The predicted octanol–water partition coefficient (Wildman–Crippen LogP) is 7.53. The van der Waals surface area contributed by atoms with Crippen molar-refractivity contribution < 1.29 is 45.9 Å². The van der Waals surface area contributed by atoms with Crippen LogP contribution in [-0.2, 0) is 18.3 Å². The highest BCUT2D eigenvalue weighted by Crippen LogP contribution is 2.50. The average molecular weight is 737 g/mol. The molecule has 0 aliphatic carbocycles. The second-order valence-electron chi connectivity index (χ2n) is 13.4. The summed E-state index contributed by atoms with van der Waals surface area (Å²) in [5, 5.41) is 10.2. The summed E-state index contributed by atoms with van der Waals surface area (Å²) < 4.78 is 82.1. The molecular weight excluding hydrogens is 683 g/mol. The number of hydrogen-bond acceptors (Lipinski definition) is 8. The third-order valence-corrected chi connectivity index (χ3v) is 11.8. The van der Waals surface area contributed by atoms with Crippen molar-refractivity contribution in [2.75, 3.05) is 18.1 Å². The summed E-state index contributed by atoms with van der Waals surface area (Å²) in [6, 6.07) is 1.44. The van der Waals surface area contributed by atoms with Crippen LogP contribution in [0, 0.1) is 5.82 Å². The van der Waals surface area contributed by atoms with Gasteiger partial charge < -0.3 is 14.7 Å². The Morgan fingerprint density at radius 1 is 1.00 bits per heavy atom. The molecule has 0 bridgehead atoms. The van der Waals surface area contributed by atoms with E-state index >= 15 is 0 Å². The SMILES string of the molecule is C[Si](C)(C)CCCCCCCCCCCCCCCSCCOP(=O)(O)O[C@@H]([C@H]1O[C@@H](n2cc(F)c(=O)[nH]c2=O)C[C@@H]1O)C(F)(F)F. The van der Waals surface area contributed by atoms with Crippen molar-refractivity contribution >= 4 is 27.7 Å². The smallest absolute Gasteiger partial charge is 0.390 e. The number of aromatic nitrogens is 2. The van der Waals surface area contributed by atoms with Crippen LogP contribution in [-0.4, -0.2) is 70.2 Å². The minimum absolute atomic E-state index is 0.258. The molecule has 274 valence electrons. The van der Waals surface area contributed by atoms with Gasteiger partial charge in [0.1, 0.15) is 12.3 Å². The zero-order chi connectivity index (χ0) is 35.1. The Labute approximate surface area is 280 Å². The largest absolute Gasteiger partial charge is 0.472 e. The molecule has 5 atom stereocenters. The Balaban J connectivity index is 1.57. The fourth-order valence-electron chi connectivity index (χ4n) is 5.39. The molecule has 1 aromatic rings. The van der Waals surface area contributed by atoms with Gasteiger partial charge >= 0.3 is 19.7 Å². The summed E-state index contributed by atoms with van der Waals surface area (Å²) in [5.74, 6) is -0.364. The molecule has 2 rings (SSSR count). The molecular formula is C30H53F4N2O8PSSi. The maximum absolute atomic E-state index is 13.8. The van der Waals surface area contributed by atoms with Crippen molar-refractivity contribution in [1.82, 2.24) is 9.55 Å². The van der Waals surface area contributed by atoms with Gasteiger partial charge in [-0.1, -0.05) is 103 Å². The second kappa shape index (κ2) is 20.6. The standard InChI is InChI=1S/C30H53F4N2O8PSSi/c1-47(2,3)20-16-14-12-10-8-6-4-5-7-9-11-13-15-18-46-19-17-42-45(40,41)44-27(30(32,33)34)26-24(37)21-25(43-26)36-22-23(31)28(38)35-29(36)39/h22,24-27,37H,4-21H2,1-3H3,(H,40,41)(H,35,38,39)/t24-,25+,26-,27-/m0/s1. The van der Waals surface area contributed by atoms with E-state index in [2.05, 4.69) is 24.2 Å². The quantitative estimate of drug-likeness (QED) is 0.0425. The lowest BCUT2D eigenvalue weighted by molar-refractivity contribution is -0.240. The van der Waals surface area contributed by atoms with Crippen molar-refractivity contribution in [3.63, 3.8) is 0 Å². The lowest BCUT2D eigenvalue weighted by Crippen LogP contribution is -2.46. The van der Waals surface area contributed by atoms with Gasteiger partial charge in [0.05, 0.1) is 18.9 Å². The van der Waals surface area contributed by atoms with Crippen molar-refractivity contribution in [2.45, 2.75) is 146 Å². The first-order valence-corrected chi connectivity index (χ1v) is 23.0. The highest BCUT2D eigenvalue weighted by atomic mass is 32.2. The number of phosphoric acid groups is 1. The van der Waals surface area contributed by atoms with Gasteiger partial charge in [0.15, 0.2) is 6.10 Å². The number of unbranched alkanes of at least 4 members (excludes halogenated alkanes) is 12. The molecule has 1 fully saturated rings. The van der Waals surface area contributed by atoms with E-state index in [9.17, 15) is 41.7 Å². The van der Waals surface area contributed by atoms with E-state index in [1.54, 1.807) is 4.98 Å². The van der Waals surface area contributed by atoms with Gasteiger partial charge in [-0.05, 0) is 12.2 Å². The normalized spacial score (nSPS) is 20.8. The summed E-state index contributed by atoms with van der Waals surface area (Å²) in [7, 11) is -6.12. The molecule has 47 heavy (non-hydrogen) atoms. The van der Waals surface area contributed by atoms with Crippen LogP contribution in [0.25, 0.3) is 0 Å². The number of halogens is 4. The highest BCUT2D eigenvalue weighted by Gasteiger charge is 2.55. The van der Waals surface area contributed by atoms with Gasteiger partial charge in [-0.15, -0.1) is 0 Å². The average Bonchev–Trinajstić information content (AvgIpc) is 3.34.